The second-order valence-corrected chi connectivity index (χ2v) is 5.08. The van der Waals surface area contributed by atoms with Gasteiger partial charge in [0.1, 0.15) is 5.82 Å². The lowest BCUT2D eigenvalue weighted by Crippen LogP contribution is -2.32. The van der Waals surface area contributed by atoms with Gasteiger partial charge < -0.3 is 15.4 Å². The molecule has 0 fully saturated rings. The van der Waals surface area contributed by atoms with Crippen molar-refractivity contribution < 1.29 is 4.74 Å². The minimum atomic E-state index is 0.191. The van der Waals surface area contributed by atoms with Gasteiger partial charge in [0, 0.05) is 32.0 Å². The summed E-state index contributed by atoms with van der Waals surface area (Å²) < 4.78 is 5.17. The molecule has 0 aliphatic rings. The van der Waals surface area contributed by atoms with E-state index in [4.69, 9.17) is 20.9 Å². The van der Waals surface area contributed by atoms with Crippen LogP contribution in [0.5, 0.6) is 0 Å². The van der Waals surface area contributed by atoms with E-state index in [1.165, 1.54) is 0 Å². The fourth-order valence-corrected chi connectivity index (χ4v) is 2.31. The van der Waals surface area contributed by atoms with Crippen LogP contribution in [0.1, 0.15) is 12.0 Å². The molecular formula is C16H22N4O. The van der Waals surface area contributed by atoms with Gasteiger partial charge in [0.05, 0.1) is 18.0 Å². The van der Waals surface area contributed by atoms with Crippen molar-refractivity contribution in [2.45, 2.75) is 13.3 Å². The maximum atomic E-state index is 7.41. The summed E-state index contributed by atoms with van der Waals surface area (Å²) in [5, 5.41) is 8.55. The van der Waals surface area contributed by atoms with E-state index in [9.17, 15) is 0 Å². The van der Waals surface area contributed by atoms with Gasteiger partial charge in [0.2, 0.25) is 0 Å². The molecule has 0 aliphatic carbocycles. The van der Waals surface area contributed by atoms with Crippen LogP contribution < -0.4 is 10.6 Å². The second-order valence-electron chi connectivity index (χ2n) is 5.08. The number of amidine groups is 1. The van der Waals surface area contributed by atoms with Gasteiger partial charge in [-0.05, 0) is 24.6 Å². The number of hydrogen-bond acceptors (Lipinski definition) is 4. The van der Waals surface area contributed by atoms with Crippen LogP contribution in [0, 0.1) is 12.3 Å². The average Bonchev–Trinajstić information content (AvgIpc) is 2.47. The second kappa shape index (κ2) is 7.04. The molecule has 2 rings (SSSR count). The number of para-hydroxylation sites is 1. The summed E-state index contributed by atoms with van der Waals surface area (Å²) in [7, 11) is 1.68. The van der Waals surface area contributed by atoms with Crippen LogP contribution in [0.3, 0.4) is 0 Å². The van der Waals surface area contributed by atoms with Crippen molar-refractivity contribution >= 4 is 22.6 Å². The number of nitrogens with two attached hydrogens (primary N) is 1. The molecule has 1 aromatic carbocycles. The van der Waals surface area contributed by atoms with Gasteiger partial charge in [-0.25, -0.2) is 4.98 Å². The molecule has 0 amide bonds. The first kappa shape index (κ1) is 15.3. The van der Waals surface area contributed by atoms with E-state index in [1.54, 1.807) is 7.11 Å². The summed E-state index contributed by atoms with van der Waals surface area (Å²) in [4.78, 5) is 6.90. The molecule has 1 heterocycles. The van der Waals surface area contributed by atoms with Crippen LogP contribution in [-0.2, 0) is 4.74 Å². The third-order valence-electron chi connectivity index (χ3n) is 3.40. The molecule has 0 radical (unpaired) electrons. The molecule has 2 aromatic rings. The highest BCUT2D eigenvalue weighted by Crippen LogP contribution is 2.23. The van der Waals surface area contributed by atoms with Crippen molar-refractivity contribution in [3.63, 3.8) is 0 Å². The molecular weight excluding hydrogens is 264 g/mol. The summed E-state index contributed by atoms with van der Waals surface area (Å²) in [5.74, 6) is 1.13. The maximum absolute atomic E-state index is 7.41. The minimum absolute atomic E-state index is 0.191. The van der Waals surface area contributed by atoms with Crippen LogP contribution in [0.25, 0.3) is 10.9 Å². The molecule has 5 heteroatoms. The molecule has 0 saturated carbocycles. The smallest absolute Gasteiger partial charge is 0.132 e. The number of benzene rings is 1. The number of nitrogens with zero attached hydrogens (tertiary/aromatic N) is 2. The predicted octanol–water partition coefficient (Wildman–Crippen LogP) is 2.32. The van der Waals surface area contributed by atoms with Crippen molar-refractivity contribution in [2.24, 2.45) is 5.73 Å². The number of pyridine rings is 1. The van der Waals surface area contributed by atoms with Gasteiger partial charge in [-0.3, -0.25) is 5.41 Å². The number of hydrogen-bond donors (Lipinski definition) is 2. The molecule has 112 valence electrons. The van der Waals surface area contributed by atoms with E-state index < -0.39 is 0 Å². The van der Waals surface area contributed by atoms with Crippen LogP contribution in [0.2, 0.25) is 0 Å². The van der Waals surface area contributed by atoms with E-state index in [2.05, 4.69) is 24.0 Å². The number of anilines is 1. The minimum Gasteiger partial charge on any atom is -0.388 e. The lowest BCUT2D eigenvalue weighted by Gasteiger charge is -2.25. The molecule has 3 N–H and O–H groups in total. The van der Waals surface area contributed by atoms with E-state index in [0.717, 1.165) is 28.8 Å². The fourth-order valence-electron chi connectivity index (χ4n) is 2.31. The zero-order valence-electron chi connectivity index (χ0n) is 12.6. The number of nitrogens with one attached hydrogen (secondary N) is 1. The molecule has 0 atom stereocenters. The summed E-state index contributed by atoms with van der Waals surface area (Å²) in [6, 6.07) is 10.2. The van der Waals surface area contributed by atoms with E-state index in [1.807, 2.05) is 18.2 Å². The Hall–Kier alpha value is -2.14. The van der Waals surface area contributed by atoms with Crippen molar-refractivity contribution in [1.29, 1.82) is 5.41 Å². The van der Waals surface area contributed by atoms with Gasteiger partial charge in [-0.15, -0.1) is 0 Å². The first-order valence-corrected chi connectivity index (χ1v) is 7.05. The third-order valence-corrected chi connectivity index (χ3v) is 3.40. The topological polar surface area (TPSA) is 75.2 Å². The van der Waals surface area contributed by atoms with Gasteiger partial charge in [0.15, 0.2) is 0 Å². The Morgan fingerprint density at radius 2 is 2.10 bits per heavy atom. The van der Waals surface area contributed by atoms with Crippen LogP contribution in [0.15, 0.2) is 30.3 Å². The largest absolute Gasteiger partial charge is 0.388 e. The molecule has 0 spiro atoms. The highest BCUT2D eigenvalue weighted by atomic mass is 16.5. The van der Waals surface area contributed by atoms with Crippen molar-refractivity contribution in [3.05, 3.63) is 35.9 Å². The lowest BCUT2D eigenvalue weighted by molar-refractivity contribution is 0.205. The Bertz CT molecular complexity index is 627. The third kappa shape index (κ3) is 3.92. The molecule has 5 nitrogen and oxygen atoms in total. The first-order valence-electron chi connectivity index (χ1n) is 7.05. The Labute approximate surface area is 125 Å². The number of fused-ring (bicyclic) bond motifs is 1. The molecule has 0 unspecified atom stereocenters. The highest BCUT2D eigenvalue weighted by Gasteiger charge is 2.12. The van der Waals surface area contributed by atoms with E-state index in [-0.39, 0.29) is 5.84 Å². The molecule has 1 aromatic heterocycles. The average molecular weight is 286 g/mol. The standard InChI is InChI=1S/C16H22N4O/c1-12-11-13-5-3-4-6-14(13)19-16(12)20(9-10-21-2)8-7-15(17)18/h3-6,11H,7-10H2,1-2H3,(H3,17,18). The summed E-state index contributed by atoms with van der Waals surface area (Å²) >= 11 is 0. The van der Waals surface area contributed by atoms with E-state index in [0.29, 0.717) is 19.6 Å². The first-order chi connectivity index (χ1) is 10.1. The summed E-state index contributed by atoms with van der Waals surface area (Å²) in [6.45, 7) is 4.08. The van der Waals surface area contributed by atoms with Crippen molar-refractivity contribution in [3.8, 4) is 0 Å². The van der Waals surface area contributed by atoms with Gasteiger partial charge in [-0.1, -0.05) is 18.2 Å². The van der Waals surface area contributed by atoms with Gasteiger partial charge >= 0.3 is 0 Å². The molecule has 0 aliphatic heterocycles. The normalized spacial score (nSPS) is 10.8. The Balaban J connectivity index is 2.32. The Morgan fingerprint density at radius 3 is 2.81 bits per heavy atom. The number of rotatable bonds is 7. The quantitative estimate of drug-likeness (QED) is 0.605. The molecule has 21 heavy (non-hydrogen) atoms. The molecule has 0 saturated heterocycles. The lowest BCUT2D eigenvalue weighted by atomic mass is 10.1. The number of methoxy groups -OCH3 is 1. The SMILES string of the molecule is COCCN(CCC(=N)N)c1nc2ccccc2cc1C. The number of aryl methyl sites for hydroxylation is 1. The summed E-state index contributed by atoms with van der Waals surface area (Å²) in [6.07, 6.45) is 0.525. The van der Waals surface area contributed by atoms with E-state index >= 15 is 0 Å². The Morgan fingerprint density at radius 1 is 1.33 bits per heavy atom. The monoisotopic (exact) mass is 286 g/mol. The zero-order valence-corrected chi connectivity index (χ0v) is 12.6. The Kier molecular flexibility index (Phi) is 5.11. The zero-order chi connectivity index (χ0) is 15.2. The van der Waals surface area contributed by atoms with Crippen molar-refractivity contribution in [2.75, 3.05) is 31.7 Å². The fraction of sp³-hybridized carbons (Fsp3) is 0.375. The number of aromatic nitrogens is 1. The number of ether oxygens (including phenoxy) is 1. The van der Waals surface area contributed by atoms with Crippen molar-refractivity contribution in [1.82, 2.24) is 4.98 Å². The van der Waals surface area contributed by atoms with Gasteiger partial charge in [0.25, 0.3) is 0 Å². The van der Waals surface area contributed by atoms with Crippen LogP contribution in [-0.4, -0.2) is 37.6 Å². The van der Waals surface area contributed by atoms with Crippen LogP contribution >= 0.6 is 0 Å². The summed E-state index contributed by atoms with van der Waals surface area (Å²) in [5.41, 5.74) is 7.58. The maximum Gasteiger partial charge on any atom is 0.132 e. The van der Waals surface area contributed by atoms with Crippen LogP contribution in [0.4, 0.5) is 5.82 Å². The predicted molar refractivity (Wildman–Crippen MR) is 87.1 cm³/mol. The highest BCUT2D eigenvalue weighted by molar-refractivity contribution is 5.82. The molecule has 0 bridgehead atoms. The van der Waals surface area contributed by atoms with Gasteiger partial charge in [-0.2, -0.15) is 0 Å².